The molecule has 0 bridgehead atoms. The van der Waals surface area contributed by atoms with E-state index in [1.807, 2.05) is 43.1 Å². The first-order valence-corrected chi connectivity index (χ1v) is 8.21. The van der Waals surface area contributed by atoms with E-state index in [0.717, 1.165) is 22.2 Å². The largest absolute Gasteiger partial charge is 0.316 e. The Morgan fingerprint density at radius 2 is 1.50 bits per heavy atom. The topological polar surface area (TPSA) is 12.0 Å². The lowest BCUT2D eigenvalue weighted by Crippen LogP contribution is -2.30. The Bertz CT molecular complexity index is 525. The van der Waals surface area contributed by atoms with E-state index in [4.69, 9.17) is 23.2 Å². The molecule has 0 aliphatic carbocycles. The molecule has 1 atom stereocenters. The van der Waals surface area contributed by atoms with Crippen LogP contribution in [0.25, 0.3) is 0 Å². The highest BCUT2D eigenvalue weighted by molar-refractivity contribution is 7.99. The molecule has 20 heavy (non-hydrogen) atoms. The summed E-state index contributed by atoms with van der Waals surface area (Å²) in [5, 5.41) is 4.93. The van der Waals surface area contributed by atoms with Crippen LogP contribution in [0.15, 0.2) is 53.4 Å². The zero-order chi connectivity index (χ0) is 14.4. The Morgan fingerprint density at radius 1 is 0.950 bits per heavy atom. The summed E-state index contributed by atoms with van der Waals surface area (Å²) in [6.07, 6.45) is 0.994. The SMILES string of the molecule is CNC(CSc1ccc(Cl)cc1)Cc1ccc(Cl)cc1. The number of nitrogens with one attached hydrogen (secondary N) is 1. The van der Waals surface area contributed by atoms with E-state index < -0.39 is 0 Å². The van der Waals surface area contributed by atoms with Crippen molar-refractivity contribution in [1.82, 2.24) is 5.32 Å². The molecular weight excluding hydrogens is 309 g/mol. The van der Waals surface area contributed by atoms with Gasteiger partial charge in [-0.3, -0.25) is 0 Å². The van der Waals surface area contributed by atoms with Gasteiger partial charge in [-0.25, -0.2) is 0 Å². The zero-order valence-electron chi connectivity index (χ0n) is 11.3. The van der Waals surface area contributed by atoms with Gasteiger partial charge >= 0.3 is 0 Å². The highest BCUT2D eigenvalue weighted by Crippen LogP contribution is 2.22. The molecule has 2 rings (SSSR count). The monoisotopic (exact) mass is 325 g/mol. The first-order chi connectivity index (χ1) is 9.67. The summed E-state index contributed by atoms with van der Waals surface area (Å²) in [6, 6.07) is 16.4. The minimum atomic E-state index is 0.428. The summed E-state index contributed by atoms with van der Waals surface area (Å²) in [7, 11) is 2.00. The Hall–Kier alpha value is -0.670. The van der Waals surface area contributed by atoms with Crippen LogP contribution < -0.4 is 5.32 Å². The lowest BCUT2D eigenvalue weighted by atomic mass is 10.1. The van der Waals surface area contributed by atoms with Gasteiger partial charge in [-0.05, 0) is 55.4 Å². The summed E-state index contributed by atoms with van der Waals surface area (Å²) in [4.78, 5) is 1.24. The van der Waals surface area contributed by atoms with Crippen LogP contribution in [0.2, 0.25) is 10.0 Å². The average Bonchev–Trinajstić information content (AvgIpc) is 2.47. The van der Waals surface area contributed by atoms with Crippen molar-refractivity contribution in [2.45, 2.75) is 17.4 Å². The van der Waals surface area contributed by atoms with Gasteiger partial charge in [0.25, 0.3) is 0 Å². The Labute approximate surface area is 134 Å². The van der Waals surface area contributed by atoms with E-state index in [-0.39, 0.29) is 0 Å². The second kappa shape index (κ2) is 7.94. The molecule has 1 unspecified atom stereocenters. The molecule has 0 fully saturated rings. The molecule has 0 aliphatic rings. The van der Waals surface area contributed by atoms with Gasteiger partial charge < -0.3 is 5.32 Å². The molecule has 4 heteroatoms. The molecule has 1 nitrogen and oxygen atoms in total. The third-order valence-electron chi connectivity index (χ3n) is 3.07. The van der Waals surface area contributed by atoms with Crippen molar-refractivity contribution < 1.29 is 0 Å². The molecular formula is C16H17Cl2NS. The van der Waals surface area contributed by atoms with Crippen molar-refractivity contribution in [2.24, 2.45) is 0 Å². The molecule has 2 aromatic rings. The second-order valence-electron chi connectivity index (χ2n) is 4.58. The lowest BCUT2D eigenvalue weighted by Gasteiger charge is -2.16. The predicted octanol–water partition coefficient (Wildman–Crippen LogP) is 4.92. The number of hydrogen-bond donors (Lipinski definition) is 1. The third kappa shape index (κ3) is 5.02. The van der Waals surface area contributed by atoms with Crippen LogP contribution in [0.4, 0.5) is 0 Å². The molecule has 2 aromatic carbocycles. The average molecular weight is 326 g/mol. The van der Waals surface area contributed by atoms with E-state index in [9.17, 15) is 0 Å². The Kier molecular flexibility index (Phi) is 6.24. The fourth-order valence-corrected chi connectivity index (χ4v) is 3.14. The summed E-state index contributed by atoms with van der Waals surface area (Å²) >= 11 is 13.6. The van der Waals surface area contributed by atoms with Crippen LogP contribution in [0, 0.1) is 0 Å². The first-order valence-electron chi connectivity index (χ1n) is 6.47. The molecule has 1 N–H and O–H groups in total. The van der Waals surface area contributed by atoms with Gasteiger partial charge in [-0.2, -0.15) is 0 Å². The number of halogens is 2. The molecule has 106 valence electrons. The van der Waals surface area contributed by atoms with Crippen molar-refractivity contribution in [2.75, 3.05) is 12.8 Å². The second-order valence-corrected chi connectivity index (χ2v) is 6.55. The van der Waals surface area contributed by atoms with Gasteiger partial charge in [0.05, 0.1) is 0 Å². The fraction of sp³-hybridized carbons (Fsp3) is 0.250. The maximum absolute atomic E-state index is 5.91. The summed E-state index contributed by atoms with van der Waals surface area (Å²) < 4.78 is 0. The Balaban J connectivity index is 1.88. The molecule has 0 spiro atoms. The van der Waals surface area contributed by atoms with Crippen molar-refractivity contribution in [3.8, 4) is 0 Å². The van der Waals surface area contributed by atoms with Crippen molar-refractivity contribution in [3.63, 3.8) is 0 Å². The molecule has 0 aliphatic heterocycles. The zero-order valence-corrected chi connectivity index (χ0v) is 13.6. The summed E-state index contributed by atoms with van der Waals surface area (Å²) in [5.41, 5.74) is 1.30. The maximum Gasteiger partial charge on any atom is 0.0406 e. The van der Waals surface area contributed by atoms with E-state index in [2.05, 4.69) is 29.6 Å². The minimum absolute atomic E-state index is 0.428. The van der Waals surface area contributed by atoms with Crippen LogP contribution in [-0.2, 0) is 6.42 Å². The smallest absolute Gasteiger partial charge is 0.0406 e. The van der Waals surface area contributed by atoms with E-state index in [1.54, 1.807) is 0 Å². The highest BCUT2D eigenvalue weighted by atomic mass is 35.5. The van der Waals surface area contributed by atoms with Crippen LogP contribution in [0.3, 0.4) is 0 Å². The number of rotatable bonds is 6. The summed E-state index contributed by atoms with van der Waals surface area (Å²) in [6.45, 7) is 0. The molecule has 0 saturated heterocycles. The van der Waals surface area contributed by atoms with Crippen LogP contribution in [0.5, 0.6) is 0 Å². The first kappa shape index (κ1) is 15.7. The number of thioether (sulfide) groups is 1. The fourth-order valence-electron chi connectivity index (χ4n) is 1.88. The van der Waals surface area contributed by atoms with E-state index in [0.29, 0.717) is 6.04 Å². The van der Waals surface area contributed by atoms with E-state index in [1.165, 1.54) is 10.5 Å². The van der Waals surface area contributed by atoms with Crippen molar-refractivity contribution in [3.05, 3.63) is 64.1 Å². The van der Waals surface area contributed by atoms with Crippen LogP contribution in [-0.4, -0.2) is 18.8 Å². The number of likely N-dealkylation sites (N-methyl/N-ethyl adjacent to an activating group) is 1. The van der Waals surface area contributed by atoms with Gasteiger partial charge in [0.1, 0.15) is 0 Å². The van der Waals surface area contributed by atoms with Gasteiger partial charge in [-0.1, -0.05) is 35.3 Å². The number of hydrogen-bond acceptors (Lipinski definition) is 2. The standard InChI is InChI=1S/C16H17Cl2NS/c1-19-15(10-12-2-4-13(17)5-3-12)11-20-16-8-6-14(18)7-9-16/h2-9,15,19H,10-11H2,1H3. The third-order valence-corrected chi connectivity index (χ3v) is 4.75. The number of benzene rings is 2. The normalized spacial score (nSPS) is 12.3. The Morgan fingerprint density at radius 3 is 2.05 bits per heavy atom. The maximum atomic E-state index is 5.91. The van der Waals surface area contributed by atoms with E-state index >= 15 is 0 Å². The predicted molar refractivity (Wildman–Crippen MR) is 90.2 cm³/mol. The lowest BCUT2D eigenvalue weighted by molar-refractivity contribution is 0.617. The molecule has 0 heterocycles. The molecule has 0 saturated carbocycles. The van der Waals surface area contributed by atoms with Gasteiger partial charge in [0.15, 0.2) is 0 Å². The van der Waals surface area contributed by atoms with Crippen LogP contribution in [0.1, 0.15) is 5.56 Å². The van der Waals surface area contributed by atoms with Gasteiger partial charge in [0.2, 0.25) is 0 Å². The molecule has 0 amide bonds. The summed E-state index contributed by atoms with van der Waals surface area (Å²) in [5.74, 6) is 1.01. The minimum Gasteiger partial charge on any atom is -0.316 e. The van der Waals surface area contributed by atoms with Gasteiger partial charge in [0, 0.05) is 26.7 Å². The van der Waals surface area contributed by atoms with Gasteiger partial charge in [-0.15, -0.1) is 11.8 Å². The van der Waals surface area contributed by atoms with Crippen molar-refractivity contribution in [1.29, 1.82) is 0 Å². The molecule has 0 aromatic heterocycles. The van der Waals surface area contributed by atoms with Crippen LogP contribution >= 0.6 is 35.0 Å². The molecule has 0 radical (unpaired) electrons. The van der Waals surface area contributed by atoms with Crippen molar-refractivity contribution >= 4 is 35.0 Å². The quantitative estimate of drug-likeness (QED) is 0.757. The highest BCUT2D eigenvalue weighted by Gasteiger charge is 2.08.